The first-order chi connectivity index (χ1) is 7.79. The summed E-state index contributed by atoms with van der Waals surface area (Å²) in [4.78, 5) is 13.6. The van der Waals surface area contributed by atoms with E-state index < -0.39 is 15.9 Å². The van der Waals surface area contributed by atoms with Crippen LogP contribution in [0.1, 0.15) is 19.8 Å². The van der Waals surface area contributed by atoms with Crippen LogP contribution in [0.15, 0.2) is 11.6 Å². The van der Waals surface area contributed by atoms with Crippen molar-refractivity contribution in [2.75, 3.05) is 25.1 Å². The van der Waals surface area contributed by atoms with E-state index >= 15 is 0 Å². The van der Waals surface area contributed by atoms with Gasteiger partial charge in [-0.3, -0.25) is 4.79 Å². The molecule has 0 aliphatic carbocycles. The van der Waals surface area contributed by atoms with Crippen molar-refractivity contribution in [3.8, 4) is 0 Å². The number of sulfone groups is 1. The van der Waals surface area contributed by atoms with E-state index in [1.807, 2.05) is 13.0 Å². The lowest BCUT2D eigenvalue weighted by Crippen LogP contribution is -2.46. The Kier molecular flexibility index (Phi) is 4.70. The van der Waals surface area contributed by atoms with E-state index in [9.17, 15) is 13.2 Å². The first kappa shape index (κ1) is 14.2. The molecule has 0 spiro atoms. The maximum atomic E-state index is 11.9. The Morgan fingerprint density at radius 2 is 2.24 bits per heavy atom. The van der Waals surface area contributed by atoms with Crippen molar-refractivity contribution in [1.82, 2.24) is 4.90 Å². The SMILES string of the molecule is CC1=CCN(C(=O)C(N)CCS(C)(=O)=O)CC1. The monoisotopic (exact) mass is 260 g/mol. The van der Waals surface area contributed by atoms with Gasteiger partial charge < -0.3 is 10.6 Å². The first-order valence-corrected chi connectivity index (χ1v) is 7.73. The zero-order valence-electron chi connectivity index (χ0n) is 10.3. The third kappa shape index (κ3) is 4.87. The summed E-state index contributed by atoms with van der Waals surface area (Å²) < 4.78 is 22.0. The average Bonchev–Trinajstić information content (AvgIpc) is 2.25. The molecule has 1 atom stereocenters. The van der Waals surface area contributed by atoms with Gasteiger partial charge in [-0.1, -0.05) is 11.6 Å². The molecule has 1 rings (SSSR count). The fraction of sp³-hybridized carbons (Fsp3) is 0.727. The molecular formula is C11H20N2O3S. The second-order valence-corrected chi connectivity index (χ2v) is 6.87. The second kappa shape index (κ2) is 5.64. The molecule has 0 saturated carbocycles. The van der Waals surface area contributed by atoms with Crippen molar-refractivity contribution in [1.29, 1.82) is 0 Å². The summed E-state index contributed by atoms with van der Waals surface area (Å²) in [7, 11) is -3.05. The normalized spacial score (nSPS) is 18.8. The van der Waals surface area contributed by atoms with Gasteiger partial charge in [-0.25, -0.2) is 8.42 Å². The molecule has 17 heavy (non-hydrogen) atoms. The molecule has 2 N–H and O–H groups in total. The number of hydrogen-bond acceptors (Lipinski definition) is 4. The Morgan fingerprint density at radius 3 is 2.71 bits per heavy atom. The van der Waals surface area contributed by atoms with Crippen LogP contribution in [0.2, 0.25) is 0 Å². The number of carbonyl (C=O) groups is 1. The summed E-state index contributed by atoms with van der Waals surface area (Å²) in [5, 5.41) is 0. The van der Waals surface area contributed by atoms with Crippen LogP contribution >= 0.6 is 0 Å². The maximum absolute atomic E-state index is 11.9. The Bertz CT molecular complexity index is 414. The first-order valence-electron chi connectivity index (χ1n) is 5.67. The van der Waals surface area contributed by atoms with E-state index in [1.54, 1.807) is 4.90 Å². The number of rotatable bonds is 4. The summed E-state index contributed by atoms with van der Waals surface area (Å²) in [5.74, 6) is -0.194. The molecule has 0 aromatic carbocycles. The lowest BCUT2D eigenvalue weighted by molar-refractivity contribution is -0.132. The number of amides is 1. The van der Waals surface area contributed by atoms with Crippen molar-refractivity contribution < 1.29 is 13.2 Å². The molecule has 0 fully saturated rings. The minimum absolute atomic E-state index is 0.0391. The zero-order chi connectivity index (χ0) is 13.1. The van der Waals surface area contributed by atoms with E-state index in [-0.39, 0.29) is 18.1 Å². The van der Waals surface area contributed by atoms with Gasteiger partial charge in [0.05, 0.1) is 11.8 Å². The van der Waals surface area contributed by atoms with Crippen LogP contribution in [0.25, 0.3) is 0 Å². The number of hydrogen-bond donors (Lipinski definition) is 1. The summed E-state index contributed by atoms with van der Waals surface area (Å²) in [5.41, 5.74) is 6.99. The minimum atomic E-state index is -3.05. The van der Waals surface area contributed by atoms with Crippen molar-refractivity contribution in [2.45, 2.75) is 25.8 Å². The average molecular weight is 260 g/mol. The fourth-order valence-corrected chi connectivity index (χ4v) is 2.35. The van der Waals surface area contributed by atoms with Crippen LogP contribution in [0.3, 0.4) is 0 Å². The van der Waals surface area contributed by atoms with Crippen LogP contribution in [-0.4, -0.2) is 50.4 Å². The van der Waals surface area contributed by atoms with Crippen molar-refractivity contribution in [3.63, 3.8) is 0 Å². The van der Waals surface area contributed by atoms with E-state index in [1.165, 1.54) is 5.57 Å². The minimum Gasteiger partial charge on any atom is -0.337 e. The molecule has 0 aromatic heterocycles. The standard InChI is InChI=1S/C11H20N2O3S/c1-9-3-6-13(7-4-9)11(14)10(12)5-8-17(2,15)16/h3,10H,4-8,12H2,1-2H3. The largest absolute Gasteiger partial charge is 0.337 e. The molecule has 5 nitrogen and oxygen atoms in total. The van der Waals surface area contributed by atoms with Gasteiger partial charge in [0.25, 0.3) is 0 Å². The van der Waals surface area contributed by atoms with Crippen LogP contribution in [0.4, 0.5) is 0 Å². The highest BCUT2D eigenvalue weighted by Gasteiger charge is 2.22. The lowest BCUT2D eigenvalue weighted by Gasteiger charge is -2.27. The van der Waals surface area contributed by atoms with Gasteiger partial charge in [0.2, 0.25) is 5.91 Å². The summed E-state index contributed by atoms with van der Waals surface area (Å²) in [6, 6.07) is -0.712. The summed E-state index contributed by atoms with van der Waals surface area (Å²) in [6.07, 6.45) is 4.21. The second-order valence-electron chi connectivity index (χ2n) is 4.61. The molecule has 1 aliphatic rings. The Hall–Kier alpha value is -0.880. The van der Waals surface area contributed by atoms with E-state index in [2.05, 4.69) is 0 Å². The van der Waals surface area contributed by atoms with Gasteiger partial charge in [0.15, 0.2) is 0 Å². The van der Waals surface area contributed by atoms with Crippen LogP contribution < -0.4 is 5.73 Å². The maximum Gasteiger partial charge on any atom is 0.239 e. The van der Waals surface area contributed by atoms with E-state index in [0.717, 1.165) is 12.7 Å². The molecule has 6 heteroatoms. The Morgan fingerprint density at radius 1 is 1.59 bits per heavy atom. The molecule has 0 radical (unpaired) electrons. The third-order valence-corrected chi connectivity index (χ3v) is 3.84. The molecule has 1 unspecified atom stereocenters. The molecule has 1 amide bonds. The van der Waals surface area contributed by atoms with Gasteiger partial charge >= 0.3 is 0 Å². The van der Waals surface area contributed by atoms with Crippen molar-refractivity contribution in [2.24, 2.45) is 5.73 Å². The van der Waals surface area contributed by atoms with Gasteiger partial charge in [-0.05, 0) is 19.8 Å². The number of nitrogens with two attached hydrogens (primary N) is 1. The Balaban J connectivity index is 2.47. The Labute approximate surface area is 103 Å². The highest BCUT2D eigenvalue weighted by molar-refractivity contribution is 7.90. The van der Waals surface area contributed by atoms with Gasteiger partial charge in [-0.2, -0.15) is 0 Å². The smallest absolute Gasteiger partial charge is 0.239 e. The zero-order valence-corrected chi connectivity index (χ0v) is 11.2. The third-order valence-electron chi connectivity index (χ3n) is 2.86. The predicted octanol–water partition coefficient (Wildman–Crippen LogP) is -0.0730. The van der Waals surface area contributed by atoms with Crippen LogP contribution in [0, 0.1) is 0 Å². The fourth-order valence-electron chi connectivity index (χ4n) is 1.67. The highest BCUT2D eigenvalue weighted by atomic mass is 32.2. The van der Waals surface area contributed by atoms with E-state index in [4.69, 9.17) is 5.73 Å². The molecular weight excluding hydrogens is 240 g/mol. The van der Waals surface area contributed by atoms with Gasteiger partial charge in [-0.15, -0.1) is 0 Å². The summed E-state index contributed by atoms with van der Waals surface area (Å²) >= 11 is 0. The number of carbonyl (C=O) groups excluding carboxylic acids is 1. The topological polar surface area (TPSA) is 80.5 Å². The quantitative estimate of drug-likeness (QED) is 0.717. The molecule has 0 saturated heterocycles. The lowest BCUT2D eigenvalue weighted by atomic mass is 10.1. The molecule has 98 valence electrons. The van der Waals surface area contributed by atoms with Gasteiger partial charge in [0.1, 0.15) is 9.84 Å². The van der Waals surface area contributed by atoms with Crippen molar-refractivity contribution >= 4 is 15.7 Å². The molecule has 1 heterocycles. The molecule has 1 aliphatic heterocycles. The molecule has 0 bridgehead atoms. The van der Waals surface area contributed by atoms with Crippen LogP contribution in [-0.2, 0) is 14.6 Å². The molecule has 0 aromatic rings. The van der Waals surface area contributed by atoms with E-state index in [0.29, 0.717) is 13.1 Å². The number of nitrogens with zero attached hydrogens (tertiary/aromatic N) is 1. The van der Waals surface area contributed by atoms with Gasteiger partial charge in [0, 0.05) is 19.3 Å². The van der Waals surface area contributed by atoms with Crippen molar-refractivity contribution in [3.05, 3.63) is 11.6 Å². The highest BCUT2D eigenvalue weighted by Crippen LogP contribution is 2.11. The van der Waals surface area contributed by atoms with Crippen LogP contribution in [0.5, 0.6) is 0 Å². The summed E-state index contributed by atoms with van der Waals surface area (Å²) in [6.45, 7) is 3.29. The predicted molar refractivity (Wildman–Crippen MR) is 67.3 cm³/mol.